The number of carbonyl (C=O) groups excluding carboxylic acids is 1. The average Bonchev–Trinajstić information content (AvgIpc) is 2.76. The number of piperidine rings is 1. The molecule has 1 fully saturated rings. The summed E-state index contributed by atoms with van der Waals surface area (Å²) in [5.41, 5.74) is 1.26. The van der Waals surface area contributed by atoms with Gasteiger partial charge in [0.25, 0.3) is 5.91 Å². The van der Waals surface area contributed by atoms with Gasteiger partial charge >= 0.3 is 0 Å². The topological polar surface area (TPSA) is 84.9 Å². The number of methoxy groups -OCH3 is 2. The maximum absolute atomic E-state index is 13.0. The molecular weight excluding hydrogens is 416 g/mol. The molecule has 1 aliphatic heterocycles. The van der Waals surface area contributed by atoms with Gasteiger partial charge in [-0.05, 0) is 60.2 Å². The fraction of sp³-hybridized carbons (Fsp3) is 0.435. The number of nitrogens with zero attached hydrogens (tertiary/aromatic N) is 1. The third-order valence-electron chi connectivity index (χ3n) is 5.49. The zero-order valence-corrected chi connectivity index (χ0v) is 19.2. The number of hydrogen-bond donors (Lipinski definition) is 1. The molecule has 0 aliphatic carbocycles. The number of sulfonamides is 1. The van der Waals surface area contributed by atoms with E-state index in [2.05, 4.69) is 19.2 Å². The summed E-state index contributed by atoms with van der Waals surface area (Å²) in [6.45, 7) is 5.51. The number of amides is 1. The minimum atomic E-state index is -3.56. The fourth-order valence-corrected chi connectivity index (χ4v) is 5.68. The van der Waals surface area contributed by atoms with E-state index in [1.54, 1.807) is 42.8 Å². The molecule has 2 aromatic carbocycles. The predicted molar refractivity (Wildman–Crippen MR) is 119 cm³/mol. The molecule has 0 aromatic heterocycles. The molecular formula is C23H30N2O5S. The maximum Gasteiger partial charge on any atom is 0.251 e. The second-order valence-corrected chi connectivity index (χ2v) is 10.1. The Morgan fingerprint density at radius 1 is 1.00 bits per heavy atom. The van der Waals surface area contributed by atoms with E-state index in [9.17, 15) is 13.2 Å². The molecule has 0 saturated carbocycles. The lowest BCUT2D eigenvalue weighted by atomic mass is 9.94. The van der Waals surface area contributed by atoms with Crippen LogP contribution in [0.4, 0.5) is 0 Å². The van der Waals surface area contributed by atoms with Gasteiger partial charge in [0, 0.05) is 25.2 Å². The van der Waals surface area contributed by atoms with Gasteiger partial charge in [-0.15, -0.1) is 0 Å². The van der Waals surface area contributed by atoms with Gasteiger partial charge in [0.05, 0.1) is 19.1 Å². The van der Waals surface area contributed by atoms with Crippen LogP contribution in [0.5, 0.6) is 11.5 Å². The third-order valence-corrected chi connectivity index (χ3v) is 7.34. The van der Waals surface area contributed by atoms with Crippen molar-refractivity contribution in [2.45, 2.75) is 31.7 Å². The Labute approximate surface area is 184 Å². The molecule has 1 saturated heterocycles. The molecule has 2 aromatic rings. The van der Waals surface area contributed by atoms with E-state index in [1.165, 1.54) is 12.1 Å². The van der Waals surface area contributed by atoms with Crippen molar-refractivity contribution in [2.75, 3.05) is 27.3 Å². The predicted octanol–water partition coefficient (Wildman–Crippen LogP) is 3.30. The average molecular weight is 447 g/mol. The molecule has 1 amide bonds. The molecule has 31 heavy (non-hydrogen) atoms. The van der Waals surface area contributed by atoms with Gasteiger partial charge < -0.3 is 14.8 Å². The van der Waals surface area contributed by atoms with Gasteiger partial charge in [-0.3, -0.25) is 4.79 Å². The van der Waals surface area contributed by atoms with E-state index in [0.29, 0.717) is 48.5 Å². The Bertz CT molecular complexity index is 1010. The highest BCUT2D eigenvalue weighted by Crippen LogP contribution is 2.28. The normalized spacial score (nSPS) is 19.6. The van der Waals surface area contributed by atoms with Crippen LogP contribution in [0.3, 0.4) is 0 Å². The highest BCUT2D eigenvalue weighted by molar-refractivity contribution is 7.89. The monoisotopic (exact) mass is 446 g/mol. The van der Waals surface area contributed by atoms with E-state index in [0.717, 1.165) is 12.0 Å². The minimum Gasteiger partial charge on any atom is -0.493 e. The molecule has 168 valence electrons. The molecule has 0 unspecified atom stereocenters. The second-order valence-electron chi connectivity index (χ2n) is 8.16. The highest BCUT2D eigenvalue weighted by Gasteiger charge is 2.31. The Hall–Kier alpha value is -2.58. The summed E-state index contributed by atoms with van der Waals surface area (Å²) in [4.78, 5) is 12.7. The smallest absolute Gasteiger partial charge is 0.251 e. The fourth-order valence-electron chi connectivity index (χ4n) is 4.00. The Morgan fingerprint density at radius 2 is 1.61 bits per heavy atom. The van der Waals surface area contributed by atoms with Crippen LogP contribution in [-0.2, 0) is 16.6 Å². The van der Waals surface area contributed by atoms with Crippen LogP contribution in [0, 0.1) is 11.8 Å². The number of benzene rings is 2. The van der Waals surface area contributed by atoms with Gasteiger partial charge in [0.1, 0.15) is 0 Å². The number of nitrogens with one attached hydrogen (secondary N) is 1. The molecule has 2 atom stereocenters. The lowest BCUT2D eigenvalue weighted by molar-refractivity contribution is 0.0950. The standard InChI is InChI=1S/C23H30N2O5S/c1-16-11-17(2)15-25(14-16)31(27,28)20-8-6-19(7-9-20)23(26)24-13-18-5-10-21(29-3)22(12-18)30-4/h5-10,12,16-17H,11,13-15H2,1-4H3,(H,24,26)/t16-,17+. The van der Waals surface area contributed by atoms with E-state index in [1.807, 2.05) is 6.07 Å². The summed E-state index contributed by atoms with van der Waals surface area (Å²) in [6.07, 6.45) is 1.03. The first kappa shape index (κ1) is 23.1. The van der Waals surface area contributed by atoms with Crippen molar-refractivity contribution in [1.29, 1.82) is 0 Å². The van der Waals surface area contributed by atoms with E-state index in [4.69, 9.17) is 9.47 Å². The summed E-state index contributed by atoms with van der Waals surface area (Å²) < 4.78 is 38.0. The number of carbonyl (C=O) groups is 1. The Morgan fingerprint density at radius 3 is 2.19 bits per heavy atom. The maximum atomic E-state index is 13.0. The van der Waals surface area contributed by atoms with Crippen LogP contribution in [0.25, 0.3) is 0 Å². The van der Waals surface area contributed by atoms with Crippen LogP contribution in [0.15, 0.2) is 47.4 Å². The lowest BCUT2D eigenvalue weighted by Crippen LogP contribution is -2.42. The van der Waals surface area contributed by atoms with Gasteiger partial charge in [-0.1, -0.05) is 19.9 Å². The molecule has 8 heteroatoms. The van der Waals surface area contributed by atoms with Gasteiger partial charge in [-0.2, -0.15) is 4.31 Å². The molecule has 1 heterocycles. The Kier molecular flexibility index (Phi) is 7.23. The number of hydrogen-bond acceptors (Lipinski definition) is 5. The second kappa shape index (κ2) is 9.70. The van der Waals surface area contributed by atoms with Gasteiger partial charge in [0.15, 0.2) is 11.5 Å². The molecule has 0 bridgehead atoms. The minimum absolute atomic E-state index is 0.213. The molecule has 1 aliphatic rings. The SMILES string of the molecule is COc1ccc(CNC(=O)c2ccc(S(=O)(=O)N3C[C@H](C)C[C@H](C)C3)cc2)cc1OC. The molecule has 7 nitrogen and oxygen atoms in total. The summed E-state index contributed by atoms with van der Waals surface area (Å²) >= 11 is 0. The van der Waals surface area contributed by atoms with Crippen molar-refractivity contribution in [3.05, 3.63) is 53.6 Å². The highest BCUT2D eigenvalue weighted by atomic mass is 32.2. The van der Waals surface area contributed by atoms with Crippen LogP contribution < -0.4 is 14.8 Å². The van der Waals surface area contributed by atoms with Crippen LogP contribution >= 0.6 is 0 Å². The zero-order valence-electron chi connectivity index (χ0n) is 18.4. The lowest BCUT2D eigenvalue weighted by Gasteiger charge is -2.34. The molecule has 0 radical (unpaired) electrons. The Balaban J connectivity index is 1.66. The summed E-state index contributed by atoms with van der Waals surface area (Å²) in [5, 5.41) is 2.84. The first-order chi connectivity index (χ1) is 14.7. The van der Waals surface area contributed by atoms with Crippen LogP contribution in [0.1, 0.15) is 36.2 Å². The van der Waals surface area contributed by atoms with E-state index < -0.39 is 10.0 Å². The van der Waals surface area contributed by atoms with Crippen molar-refractivity contribution >= 4 is 15.9 Å². The zero-order chi connectivity index (χ0) is 22.6. The van der Waals surface area contributed by atoms with Gasteiger partial charge in [-0.25, -0.2) is 8.42 Å². The van der Waals surface area contributed by atoms with Gasteiger partial charge in [0.2, 0.25) is 10.0 Å². The van der Waals surface area contributed by atoms with Crippen LogP contribution in [-0.4, -0.2) is 45.9 Å². The van der Waals surface area contributed by atoms with Crippen molar-refractivity contribution in [3.8, 4) is 11.5 Å². The summed E-state index contributed by atoms with van der Waals surface area (Å²) in [7, 11) is -0.442. The van der Waals surface area contributed by atoms with Crippen molar-refractivity contribution < 1.29 is 22.7 Å². The van der Waals surface area contributed by atoms with Crippen molar-refractivity contribution in [1.82, 2.24) is 9.62 Å². The van der Waals surface area contributed by atoms with E-state index >= 15 is 0 Å². The van der Waals surface area contributed by atoms with Crippen LogP contribution in [0.2, 0.25) is 0 Å². The van der Waals surface area contributed by atoms with Crippen molar-refractivity contribution in [3.63, 3.8) is 0 Å². The summed E-state index contributed by atoms with van der Waals surface area (Å²) in [5.74, 6) is 1.59. The third kappa shape index (κ3) is 5.37. The quantitative estimate of drug-likeness (QED) is 0.705. The largest absolute Gasteiger partial charge is 0.493 e. The van der Waals surface area contributed by atoms with Crippen molar-refractivity contribution in [2.24, 2.45) is 11.8 Å². The number of ether oxygens (including phenoxy) is 2. The summed E-state index contributed by atoms with van der Waals surface area (Å²) in [6, 6.07) is 11.5. The first-order valence-corrected chi connectivity index (χ1v) is 11.8. The van der Waals surface area contributed by atoms with E-state index in [-0.39, 0.29) is 10.8 Å². The first-order valence-electron chi connectivity index (χ1n) is 10.3. The molecule has 0 spiro atoms. The molecule has 3 rings (SSSR count). The molecule has 1 N–H and O–H groups in total. The number of rotatable bonds is 7.